The van der Waals surface area contributed by atoms with E-state index in [1.807, 2.05) is 0 Å². The Balaban J connectivity index is 1.84. The van der Waals surface area contributed by atoms with Gasteiger partial charge in [0.25, 0.3) is 0 Å². The molecule has 0 spiro atoms. The molecule has 1 aromatic heterocycles. The minimum atomic E-state index is 0.575. The summed E-state index contributed by atoms with van der Waals surface area (Å²) in [4.78, 5) is 2.38. The van der Waals surface area contributed by atoms with E-state index in [2.05, 4.69) is 41.3 Å². The van der Waals surface area contributed by atoms with Crippen LogP contribution in [0.25, 0.3) is 0 Å². The molecule has 17 heavy (non-hydrogen) atoms. The Hall–Kier alpha value is -0.680. The molecule has 1 N–H and O–H groups in total. The van der Waals surface area contributed by atoms with Gasteiger partial charge in [0.2, 0.25) is 5.13 Å². The largest absolute Gasteiger partial charge is 0.357 e. The number of anilines is 1. The van der Waals surface area contributed by atoms with E-state index >= 15 is 0 Å². The van der Waals surface area contributed by atoms with E-state index in [-0.39, 0.29) is 0 Å². The molecule has 1 saturated heterocycles. The Morgan fingerprint density at radius 2 is 2.06 bits per heavy atom. The number of nitrogens with one attached hydrogen (secondary N) is 1. The van der Waals surface area contributed by atoms with E-state index in [1.54, 1.807) is 11.3 Å². The molecular formula is C12H22N4S. The molecule has 1 aliphatic rings. The highest BCUT2D eigenvalue weighted by Crippen LogP contribution is 2.21. The fraction of sp³-hybridized carbons (Fsp3) is 0.833. The summed E-state index contributed by atoms with van der Waals surface area (Å²) in [7, 11) is 2.18. The van der Waals surface area contributed by atoms with Gasteiger partial charge in [-0.05, 0) is 38.9 Å². The number of rotatable bonds is 4. The van der Waals surface area contributed by atoms with Crippen LogP contribution in [0.2, 0.25) is 0 Å². The van der Waals surface area contributed by atoms with Gasteiger partial charge in [0.05, 0.1) is 0 Å². The van der Waals surface area contributed by atoms with Crippen molar-refractivity contribution in [1.82, 2.24) is 15.1 Å². The maximum atomic E-state index is 4.23. The van der Waals surface area contributed by atoms with Crippen LogP contribution in [0.3, 0.4) is 0 Å². The van der Waals surface area contributed by atoms with E-state index in [9.17, 15) is 0 Å². The molecule has 0 saturated carbocycles. The first-order valence-electron chi connectivity index (χ1n) is 6.41. The number of aromatic nitrogens is 2. The molecule has 1 fully saturated rings. The molecule has 0 bridgehead atoms. The summed E-state index contributed by atoms with van der Waals surface area (Å²) >= 11 is 1.71. The zero-order valence-electron chi connectivity index (χ0n) is 10.9. The summed E-state index contributed by atoms with van der Waals surface area (Å²) in [6, 6.07) is 0.575. The standard InChI is InChI=1S/C12H22N4S/c1-9(2)8-11-14-15-12(17-11)13-10-4-6-16(3)7-5-10/h9-10H,4-8H2,1-3H3,(H,13,15). The highest BCUT2D eigenvalue weighted by molar-refractivity contribution is 7.15. The van der Waals surface area contributed by atoms with Gasteiger partial charge in [-0.15, -0.1) is 10.2 Å². The summed E-state index contributed by atoms with van der Waals surface area (Å²) in [5.41, 5.74) is 0. The van der Waals surface area contributed by atoms with Crippen molar-refractivity contribution >= 4 is 16.5 Å². The van der Waals surface area contributed by atoms with E-state index in [0.717, 1.165) is 16.6 Å². The third-order valence-electron chi connectivity index (χ3n) is 3.10. The van der Waals surface area contributed by atoms with Crippen LogP contribution in [0.4, 0.5) is 5.13 Å². The molecular weight excluding hydrogens is 232 g/mol. The quantitative estimate of drug-likeness (QED) is 0.894. The topological polar surface area (TPSA) is 41.1 Å². The van der Waals surface area contributed by atoms with Crippen LogP contribution in [-0.4, -0.2) is 41.3 Å². The van der Waals surface area contributed by atoms with Crippen molar-refractivity contribution < 1.29 is 0 Å². The first kappa shape index (κ1) is 12.8. The number of likely N-dealkylation sites (tertiary alicyclic amines) is 1. The minimum absolute atomic E-state index is 0.575. The van der Waals surface area contributed by atoms with E-state index in [0.29, 0.717) is 12.0 Å². The van der Waals surface area contributed by atoms with Gasteiger partial charge in [0.15, 0.2) is 0 Å². The Bertz CT molecular complexity index is 342. The van der Waals surface area contributed by atoms with Crippen LogP contribution in [0.5, 0.6) is 0 Å². The number of nitrogens with zero attached hydrogens (tertiary/aromatic N) is 3. The van der Waals surface area contributed by atoms with E-state index in [1.165, 1.54) is 25.9 Å². The van der Waals surface area contributed by atoms with Gasteiger partial charge < -0.3 is 10.2 Å². The predicted molar refractivity (Wildman–Crippen MR) is 72.6 cm³/mol. The number of hydrogen-bond donors (Lipinski definition) is 1. The fourth-order valence-corrected chi connectivity index (χ4v) is 3.10. The van der Waals surface area contributed by atoms with Crippen molar-refractivity contribution in [3.8, 4) is 0 Å². The van der Waals surface area contributed by atoms with E-state index < -0.39 is 0 Å². The van der Waals surface area contributed by atoms with Crippen LogP contribution < -0.4 is 5.32 Å². The fourth-order valence-electron chi connectivity index (χ4n) is 2.07. The van der Waals surface area contributed by atoms with Gasteiger partial charge in [-0.3, -0.25) is 0 Å². The molecule has 1 aliphatic heterocycles. The second kappa shape index (κ2) is 5.78. The van der Waals surface area contributed by atoms with Crippen molar-refractivity contribution in [3.63, 3.8) is 0 Å². The van der Waals surface area contributed by atoms with Crippen LogP contribution in [0.15, 0.2) is 0 Å². The average Bonchev–Trinajstić information content (AvgIpc) is 2.68. The monoisotopic (exact) mass is 254 g/mol. The van der Waals surface area contributed by atoms with Crippen molar-refractivity contribution in [2.24, 2.45) is 5.92 Å². The number of piperidine rings is 1. The smallest absolute Gasteiger partial charge is 0.205 e. The first-order valence-corrected chi connectivity index (χ1v) is 7.22. The van der Waals surface area contributed by atoms with E-state index in [4.69, 9.17) is 0 Å². The lowest BCUT2D eigenvalue weighted by Gasteiger charge is -2.29. The Morgan fingerprint density at radius 3 is 2.71 bits per heavy atom. The average molecular weight is 254 g/mol. The Kier molecular flexibility index (Phi) is 4.34. The molecule has 2 rings (SSSR count). The minimum Gasteiger partial charge on any atom is -0.357 e. The summed E-state index contributed by atoms with van der Waals surface area (Å²) in [5, 5.41) is 14.1. The number of hydrogen-bond acceptors (Lipinski definition) is 5. The van der Waals surface area contributed by atoms with Crippen molar-refractivity contribution in [1.29, 1.82) is 0 Å². The third-order valence-corrected chi connectivity index (χ3v) is 3.97. The molecule has 0 aromatic carbocycles. The van der Waals surface area contributed by atoms with Gasteiger partial charge in [0, 0.05) is 12.5 Å². The molecule has 1 aromatic rings. The molecule has 0 unspecified atom stereocenters. The molecule has 0 atom stereocenters. The molecule has 2 heterocycles. The molecule has 0 amide bonds. The summed E-state index contributed by atoms with van der Waals surface area (Å²) in [6.07, 6.45) is 3.44. The first-order chi connectivity index (χ1) is 8.13. The lowest BCUT2D eigenvalue weighted by Crippen LogP contribution is -2.36. The molecule has 5 heteroatoms. The second-order valence-electron chi connectivity index (χ2n) is 5.32. The summed E-state index contributed by atoms with van der Waals surface area (Å²) < 4.78 is 0. The van der Waals surface area contributed by atoms with Crippen LogP contribution in [-0.2, 0) is 6.42 Å². The van der Waals surface area contributed by atoms with Crippen LogP contribution in [0, 0.1) is 5.92 Å². The maximum Gasteiger partial charge on any atom is 0.205 e. The molecule has 0 aliphatic carbocycles. The zero-order valence-corrected chi connectivity index (χ0v) is 11.8. The Labute approximate surface area is 107 Å². The lowest BCUT2D eigenvalue weighted by molar-refractivity contribution is 0.264. The summed E-state index contributed by atoms with van der Waals surface area (Å²) in [5.74, 6) is 0.652. The van der Waals surface area contributed by atoms with Gasteiger partial charge >= 0.3 is 0 Å². The Morgan fingerprint density at radius 1 is 1.35 bits per heavy atom. The zero-order chi connectivity index (χ0) is 12.3. The highest BCUT2D eigenvalue weighted by Gasteiger charge is 2.17. The lowest BCUT2D eigenvalue weighted by atomic mass is 10.1. The van der Waals surface area contributed by atoms with Crippen molar-refractivity contribution in [3.05, 3.63) is 5.01 Å². The normalized spacial score (nSPS) is 18.8. The van der Waals surface area contributed by atoms with Crippen LogP contribution >= 0.6 is 11.3 Å². The van der Waals surface area contributed by atoms with Gasteiger partial charge in [-0.2, -0.15) is 0 Å². The SMILES string of the molecule is CC(C)Cc1nnc(NC2CCN(C)CC2)s1. The highest BCUT2D eigenvalue weighted by atomic mass is 32.1. The third kappa shape index (κ3) is 3.92. The molecule has 4 nitrogen and oxygen atoms in total. The van der Waals surface area contributed by atoms with Crippen LogP contribution in [0.1, 0.15) is 31.7 Å². The summed E-state index contributed by atoms with van der Waals surface area (Å²) in [6.45, 7) is 6.78. The van der Waals surface area contributed by atoms with Gasteiger partial charge in [-0.25, -0.2) is 0 Å². The van der Waals surface area contributed by atoms with Gasteiger partial charge in [0.1, 0.15) is 5.01 Å². The second-order valence-corrected chi connectivity index (χ2v) is 6.38. The van der Waals surface area contributed by atoms with Gasteiger partial charge in [-0.1, -0.05) is 25.2 Å². The molecule has 0 radical (unpaired) electrons. The molecule has 96 valence electrons. The van der Waals surface area contributed by atoms with Crippen molar-refractivity contribution in [2.75, 3.05) is 25.5 Å². The maximum absolute atomic E-state index is 4.23. The predicted octanol–water partition coefficient (Wildman–Crippen LogP) is 2.24. The van der Waals surface area contributed by atoms with Crippen molar-refractivity contribution in [2.45, 2.75) is 39.2 Å².